The van der Waals surface area contributed by atoms with Gasteiger partial charge in [-0.25, -0.2) is 9.37 Å². The molecule has 29 heavy (non-hydrogen) atoms. The number of halogens is 4. The number of imidazole rings is 1. The van der Waals surface area contributed by atoms with Crippen LogP contribution in [0.3, 0.4) is 0 Å². The second kappa shape index (κ2) is 8.02. The SMILES string of the molecule is O=C(Nc1ccc(Br)c(F)c1)c1ccc2nc(Nc3c(Cl)cccc3Cl)[nH]c2c1. The number of nitrogens with one attached hydrogen (secondary N) is 3. The van der Waals surface area contributed by atoms with Gasteiger partial charge in [0.05, 0.1) is 31.2 Å². The Balaban J connectivity index is 1.58. The number of amides is 1. The highest BCUT2D eigenvalue weighted by molar-refractivity contribution is 9.10. The van der Waals surface area contributed by atoms with Gasteiger partial charge in [0.25, 0.3) is 5.91 Å². The molecular formula is C20H12BrCl2FN4O. The van der Waals surface area contributed by atoms with Crippen LogP contribution in [0.15, 0.2) is 59.1 Å². The summed E-state index contributed by atoms with van der Waals surface area (Å²) in [5.41, 5.74) is 2.58. The number of hydrogen-bond acceptors (Lipinski definition) is 3. The predicted octanol–water partition coefficient (Wildman–Crippen LogP) is 6.77. The number of para-hydroxylation sites is 1. The van der Waals surface area contributed by atoms with E-state index < -0.39 is 5.82 Å². The Morgan fingerprint density at radius 1 is 1.07 bits per heavy atom. The van der Waals surface area contributed by atoms with Crippen molar-refractivity contribution < 1.29 is 9.18 Å². The van der Waals surface area contributed by atoms with Crippen LogP contribution >= 0.6 is 39.1 Å². The minimum Gasteiger partial charge on any atom is -0.324 e. The molecule has 0 radical (unpaired) electrons. The summed E-state index contributed by atoms with van der Waals surface area (Å²) >= 11 is 15.4. The minimum absolute atomic E-state index is 0.327. The van der Waals surface area contributed by atoms with Crippen molar-refractivity contribution >= 4 is 73.4 Å². The van der Waals surface area contributed by atoms with Crippen molar-refractivity contribution in [3.63, 3.8) is 0 Å². The lowest BCUT2D eigenvalue weighted by atomic mass is 10.2. The van der Waals surface area contributed by atoms with Crippen molar-refractivity contribution in [2.24, 2.45) is 0 Å². The van der Waals surface area contributed by atoms with Crippen LogP contribution in [0.2, 0.25) is 10.0 Å². The zero-order valence-electron chi connectivity index (χ0n) is 14.6. The second-order valence-electron chi connectivity index (χ2n) is 6.12. The average Bonchev–Trinajstić information content (AvgIpc) is 3.09. The van der Waals surface area contributed by atoms with Gasteiger partial charge in [0.15, 0.2) is 0 Å². The van der Waals surface area contributed by atoms with Gasteiger partial charge in [0.2, 0.25) is 5.95 Å². The van der Waals surface area contributed by atoms with Crippen LogP contribution in [-0.4, -0.2) is 15.9 Å². The molecule has 1 heterocycles. The van der Waals surface area contributed by atoms with Crippen molar-refractivity contribution in [3.05, 3.63) is 80.5 Å². The Bertz CT molecular complexity index is 1220. The van der Waals surface area contributed by atoms with Crippen LogP contribution in [0.25, 0.3) is 11.0 Å². The van der Waals surface area contributed by atoms with E-state index in [-0.39, 0.29) is 5.91 Å². The molecule has 3 aromatic carbocycles. The summed E-state index contributed by atoms with van der Waals surface area (Å²) in [6.45, 7) is 0. The molecule has 1 aromatic heterocycles. The van der Waals surface area contributed by atoms with Crippen molar-refractivity contribution in [2.45, 2.75) is 0 Å². The highest BCUT2D eigenvalue weighted by atomic mass is 79.9. The van der Waals surface area contributed by atoms with E-state index >= 15 is 0 Å². The zero-order chi connectivity index (χ0) is 20.5. The molecule has 1 amide bonds. The molecular weight excluding hydrogens is 482 g/mol. The van der Waals surface area contributed by atoms with Gasteiger partial charge in [-0.15, -0.1) is 0 Å². The van der Waals surface area contributed by atoms with Gasteiger partial charge in [-0.05, 0) is 64.5 Å². The van der Waals surface area contributed by atoms with E-state index in [0.29, 0.717) is 48.4 Å². The Morgan fingerprint density at radius 2 is 1.83 bits per heavy atom. The maximum absolute atomic E-state index is 13.6. The number of carbonyl (C=O) groups excluding carboxylic acids is 1. The first-order valence-corrected chi connectivity index (χ1v) is 9.93. The molecule has 4 rings (SSSR count). The molecule has 4 aromatic rings. The van der Waals surface area contributed by atoms with Crippen molar-refractivity contribution in [2.75, 3.05) is 10.6 Å². The van der Waals surface area contributed by atoms with Crippen molar-refractivity contribution in [1.29, 1.82) is 0 Å². The number of benzene rings is 3. The Kier molecular flexibility index (Phi) is 5.45. The first kappa shape index (κ1) is 19.7. The molecule has 0 atom stereocenters. The minimum atomic E-state index is -0.458. The third-order valence-corrected chi connectivity index (χ3v) is 5.40. The molecule has 3 N–H and O–H groups in total. The number of anilines is 3. The van der Waals surface area contributed by atoms with Crippen molar-refractivity contribution in [3.8, 4) is 0 Å². The largest absolute Gasteiger partial charge is 0.324 e. The number of nitrogens with zero attached hydrogens (tertiary/aromatic N) is 1. The maximum atomic E-state index is 13.6. The van der Waals surface area contributed by atoms with E-state index in [1.807, 2.05) is 0 Å². The molecule has 0 aliphatic rings. The van der Waals surface area contributed by atoms with Gasteiger partial charge in [0, 0.05) is 11.3 Å². The molecule has 0 saturated carbocycles. The summed E-state index contributed by atoms with van der Waals surface area (Å²) in [4.78, 5) is 20.0. The van der Waals surface area contributed by atoms with Gasteiger partial charge >= 0.3 is 0 Å². The normalized spacial score (nSPS) is 10.9. The van der Waals surface area contributed by atoms with E-state index in [1.165, 1.54) is 12.1 Å². The van der Waals surface area contributed by atoms with Crippen LogP contribution in [0, 0.1) is 5.82 Å². The lowest BCUT2D eigenvalue weighted by molar-refractivity contribution is 0.102. The number of carbonyl (C=O) groups is 1. The first-order chi connectivity index (χ1) is 13.9. The lowest BCUT2D eigenvalue weighted by Gasteiger charge is -2.07. The first-order valence-electron chi connectivity index (χ1n) is 8.38. The van der Waals surface area contributed by atoms with Gasteiger partial charge in [-0.1, -0.05) is 29.3 Å². The van der Waals surface area contributed by atoms with E-state index in [9.17, 15) is 9.18 Å². The third kappa shape index (κ3) is 4.22. The monoisotopic (exact) mass is 492 g/mol. The number of fused-ring (bicyclic) bond motifs is 1. The Labute approximate surface area is 183 Å². The fourth-order valence-electron chi connectivity index (χ4n) is 2.72. The van der Waals surface area contributed by atoms with Crippen LogP contribution < -0.4 is 10.6 Å². The highest BCUT2D eigenvalue weighted by Gasteiger charge is 2.12. The molecule has 0 unspecified atom stereocenters. The topological polar surface area (TPSA) is 69.8 Å². The summed E-state index contributed by atoms with van der Waals surface area (Å²) in [7, 11) is 0. The van der Waals surface area contributed by atoms with Crippen LogP contribution in [0.1, 0.15) is 10.4 Å². The zero-order valence-corrected chi connectivity index (χ0v) is 17.7. The number of aromatic nitrogens is 2. The summed E-state index contributed by atoms with van der Waals surface area (Å²) in [5.74, 6) is -0.393. The van der Waals surface area contributed by atoms with Gasteiger partial charge in [0.1, 0.15) is 5.82 Å². The number of hydrogen-bond donors (Lipinski definition) is 3. The quantitative estimate of drug-likeness (QED) is 0.294. The second-order valence-corrected chi connectivity index (χ2v) is 7.79. The van der Waals surface area contributed by atoms with E-state index in [1.54, 1.807) is 42.5 Å². The van der Waals surface area contributed by atoms with Crippen molar-refractivity contribution in [1.82, 2.24) is 9.97 Å². The molecule has 0 aliphatic carbocycles. The van der Waals surface area contributed by atoms with E-state index in [4.69, 9.17) is 23.2 Å². The molecule has 0 aliphatic heterocycles. The van der Waals surface area contributed by atoms with Gasteiger partial charge < -0.3 is 15.6 Å². The summed E-state index contributed by atoms with van der Waals surface area (Å²) in [5, 5.41) is 6.64. The molecule has 146 valence electrons. The van der Waals surface area contributed by atoms with E-state index in [2.05, 4.69) is 36.5 Å². The fraction of sp³-hybridized carbons (Fsp3) is 0. The average molecular weight is 494 g/mol. The van der Waals surface area contributed by atoms with E-state index in [0.717, 1.165) is 0 Å². The van der Waals surface area contributed by atoms with Crippen LogP contribution in [0.5, 0.6) is 0 Å². The molecule has 9 heteroatoms. The summed E-state index contributed by atoms with van der Waals surface area (Å²) in [6, 6.07) is 14.6. The van der Waals surface area contributed by atoms with Crippen LogP contribution in [-0.2, 0) is 0 Å². The van der Waals surface area contributed by atoms with Gasteiger partial charge in [-0.2, -0.15) is 0 Å². The number of H-pyrrole nitrogens is 1. The molecule has 0 spiro atoms. The number of rotatable bonds is 4. The third-order valence-electron chi connectivity index (χ3n) is 4.13. The Hall–Kier alpha value is -2.61. The smallest absolute Gasteiger partial charge is 0.255 e. The molecule has 5 nitrogen and oxygen atoms in total. The van der Waals surface area contributed by atoms with Crippen LogP contribution in [0.4, 0.5) is 21.7 Å². The fourth-order valence-corrected chi connectivity index (χ4v) is 3.46. The molecule has 0 fully saturated rings. The Morgan fingerprint density at radius 3 is 2.55 bits per heavy atom. The standard InChI is InChI=1S/C20H12BrCl2FN4O/c21-12-6-5-11(9-15(12)24)25-19(29)10-4-7-16-17(8-10)27-20(26-16)28-18-13(22)2-1-3-14(18)23/h1-9H,(H,25,29)(H2,26,27,28). The molecule has 0 bridgehead atoms. The van der Waals surface area contributed by atoms with Gasteiger partial charge in [-0.3, -0.25) is 4.79 Å². The lowest BCUT2D eigenvalue weighted by Crippen LogP contribution is -2.11. The highest BCUT2D eigenvalue weighted by Crippen LogP contribution is 2.32. The maximum Gasteiger partial charge on any atom is 0.255 e. The summed E-state index contributed by atoms with van der Waals surface area (Å²) < 4.78 is 14.0. The molecule has 0 saturated heterocycles. The predicted molar refractivity (Wildman–Crippen MR) is 118 cm³/mol. The summed E-state index contributed by atoms with van der Waals surface area (Å²) in [6.07, 6.45) is 0. The number of aromatic amines is 1.